The average molecular weight is 263 g/mol. The molecule has 1 rings (SSSR count). The summed E-state index contributed by atoms with van der Waals surface area (Å²) in [5, 5.41) is 3.56. The zero-order chi connectivity index (χ0) is 14.1. The summed E-state index contributed by atoms with van der Waals surface area (Å²) in [6, 6.07) is 10.9. The maximum atomic E-state index is 5.86. The topological polar surface area (TPSA) is 21.3 Å². The van der Waals surface area contributed by atoms with Crippen molar-refractivity contribution in [2.75, 3.05) is 19.8 Å². The molecular weight excluding hydrogens is 234 g/mol. The molecule has 1 aromatic rings. The maximum absolute atomic E-state index is 5.86. The van der Waals surface area contributed by atoms with Gasteiger partial charge in [-0.25, -0.2) is 0 Å². The van der Waals surface area contributed by atoms with Crippen LogP contribution >= 0.6 is 0 Å². The van der Waals surface area contributed by atoms with Crippen molar-refractivity contribution >= 4 is 0 Å². The molecular formula is C17H29NO. The number of nitrogens with one attached hydrogen (secondary N) is 1. The maximum Gasteiger partial charge on any atom is 0.0661 e. The molecule has 2 nitrogen and oxygen atoms in total. The molecule has 0 fully saturated rings. The molecule has 1 aromatic carbocycles. The standard InChI is InChI=1S/C17H29NO/c1-5-12-18-16(15-9-7-6-8-10-15)14-19-13-11-17(2,3)4/h6-10,16,18H,5,11-14H2,1-4H3. The van der Waals surface area contributed by atoms with E-state index in [4.69, 9.17) is 4.74 Å². The fraction of sp³-hybridized carbons (Fsp3) is 0.647. The van der Waals surface area contributed by atoms with E-state index in [1.165, 1.54) is 5.56 Å². The quantitative estimate of drug-likeness (QED) is 0.710. The SMILES string of the molecule is CCCNC(COCCC(C)(C)C)c1ccccc1. The van der Waals surface area contributed by atoms with E-state index in [-0.39, 0.29) is 0 Å². The van der Waals surface area contributed by atoms with Crippen molar-refractivity contribution in [2.24, 2.45) is 5.41 Å². The monoisotopic (exact) mass is 263 g/mol. The van der Waals surface area contributed by atoms with Crippen molar-refractivity contribution < 1.29 is 4.74 Å². The van der Waals surface area contributed by atoms with E-state index in [0.717, 1.165) is 32.6 Å². The molecule has 0 aliphatic rings. The van der Waals surface area contributed by atoms with Gasteiger partial charge < -0.3 is 10.1 Å². The molecule has 19 heavy (non-hydrogen) atoms. The van der Waals surface area contributed by atoms with E-state index in [9.17, 15) is 0 Å². The van der Waals surface area contributed by atoms with Gasteiger partial charge in [0.2, 0.25) is 0 Å². The first-order valence-corrected chi connectivity index (χ1v) is 7.39. The summed E-state index contributed by atoms with van der Waals surface area (Å²) < 4.78 is 5.86. The van der Waals surface area contributed by atoms with Crippen LogP contribution in [0.25, 0.3) is 0 Å². The fourth-order valence-corrected chi connectivity index (χ4v) is 1.86. The van der Waals surface area contributed by atoms with Crippen molar-refractivity contribution in [2.45, 2.75) is 46.6 Å². The smallest absolute Gasteiger partial charge is 0.0661 e. The van der Waals surface area contributed by atoms with E-state index < -0.39 is 0 Å². The van der Waals surface area contributed by atoms with E-state index in [2.05, 4.69) is 63.3 Å². The van der Waals surface area contributed by atoms with Crippen LogP contribution in [0.4, 0.5) is 0 Å². The molecule has 0 aromatic heterocycles. The van der Waals surface area contributed by atoms with Crippen LogP contribution in [0.5, 0.6) is 0 Å². The number of ether oxygens (including phenoxy) is 1. The molecule has 2 heteroatoms. The van der Waals surface area contributed by atoms with Crippen LogP contribution in [0.15, 0.2) is 30.3 Å². The van der Waals surface area contributed by atoms with Crippen LogP contribution in [0, 0.1) is 5.41 Å². The molecule has 1 unspecified atom stereocenters. The Bertz CT molecular complexity index is 329. The Balaban J connectivity index is 2.42. The second-order valence-corrected chi connectivity index (χ2v) is 6.30. The molecule has 0 bridgehead atoms. The molecule has 0 aliphatic heterocycles. The first-order chi connectivity index (χ1) is 9.03. The fourth-order valence-electron chi connectivity index (χ4n) is 1.86. The van der Waals surface area contributed by atoms with Crippen molar-refractivity contribution in [3.63, 3.8) is 0 Å². The minimum atomic E-state index is 0.307. The summed E-state index contributed by atoms with van der Waals surface area (Å²) in [7, 11) is 0. The summed E-state index contributed by atoms with van der Waals surface area (Å²) >= 11 is 0. The van der Waals surface area contributed by atoms with Gasteiger partial charge in [-0.2, -0.15) is 0 Å². The second-order valence-electron chi connectivity index (χ2n) is 6.30. The van der Waals surface area contributed by atoms with Gasteiger partial charge in [-0.05, 0) is 30.4 Å². The number of benzene rings is 1. The molecule has 0 saturated heterocycles. The molecule has 0 aliphatic carbocycles. The highest BCUT2D eigenvalue weighted by Gasteiger charge is 2.12. The molecule has 1 atom stereocenters. The highest BCUT2D eigenvalue weighted by atomic mass is 16.5. The molecule has 0 radical (unpaired) electrons. The van der Waals surface area contributed by atoms with Crippen LogP contribution in [0.3, 0.4) is 0 Å². The predicted octanol–water partition coefficient (Wildman–Crippen LogP) is 4.18. The van der Waals surface area contributed by atoms with Crippen LogP contribution in [0.2, 0.25) is 0 Å². The summed E-state index contributed by atoms with van der Waals surface area (Å²) in [5.74, 6) is 0. The number of hydrogen-bond acceptors (Lipinski definition) is 2. The highest BCUT2D eigenvalue weighted by Crippen LogP contribution is 2.19. The van der Waals surface area contributed by atoms with Gasteiger partial charge in [0.25, 0.3) is 0 Å². The van der Waals surface area contributed by atoms with Gasteiger partial charge >= 0.3 is 0 Å². The summed E-state index contributed by atoms with van der Waals surface area (Å²) in [4.78, 5) is 0. The van der Waals surface area contributed by atoms with E-state index in [0.29, 0.717) is 11.5 Å². The summed E-state index contributed by atoms with van der Waals surface area (Å²) in [6.07, 6.45) is 2.24. The van der Waals surface area contributed by atoms with Crippen molar-refractivity contribution in [1.29, 1.82) is 0 Å². The average Bonchev–Trinajstić information content (AvgIpc) is 2.38. The lowest BCUT2D eigenvalue weighted by Gasteiger charge is -2.21. The third-order valence-electron chi connectivity index (χ3n) is 3.12. The minimum Gasteiger partial charge on any atom is -0.379 e. The Labute approximate surface area is 118 Å². The van der Waals surface area contributed by atoms with Crippen LogP contribution in [-0.2, 0) is 4.74 Å². The van der Waals surface area contributed by atoms with Crippen LogP contribution in [0.1, 0.15) is 52.1 Å². The normalized spacial score (nSPS) is 13.5. The van der Waals surface area contributed by atoms with Gasteiger partial charge in [-0.1, -0.05) is 58.0 Å². The van der Waals surface area contributed by atoms with Crippen LogP contribution < -0.4 is 5.32 Å². The minimum absolute atomic E-state index is 0.307. The Hall–Kier alpha value is -0.860. The van der Waals surface area contributed by atoms with E-state index >= 15 is 0 Å². The third-order valence-corrected chi connectivity index (χ3v) is 3.12. The molecule has 0 heterocycles. The Morgan fingerprint density at radius 3 is 2.42 bits per heavy atom. The van der Waals surface area contributed by atoms with Gasteiger partial charge in [0.15, 0.2) is 0 Å². The van der Waals surface area contributed by atoms with Gasteiger partial charge in [0.1, 0.15) is 0 Å². The second kappa shape index (κ2) is 8.34. The number of hydrogen-bond donors (Lipinski definition) is 1. The predicted molar refractivity (Wildman–Crippen MR) is 82.4 cm³/mol. The van der Waals surface area contributed by atoms with Gasteiger partial charge in [0.05, 0.1) is 12.6 Å². The zero-order valence-corrected chi connectivity index (χ0v) is 12.9. The molecule has 0 spiro atoms. The largest absolute Gasteiger partial charge is 0.379 e. The van der Waals surface area contributed by atoms with Crippen LogP contribution in [-0.4, -0.2) is 19.8 Å². The Morgan fingerprint density at radius 1 is 1.16 bits per heavy atom. The van der Waals surface area contributed by atoms with Crippen molar-refractivity contribution in [1.82, 2.24) is 5.32 Å². The first kappa shape index (κ1) is 16.2. The Morgan fingerprint density at radius 2 is 1.84 bits per heavy atom. The van der Waals surface area contributed by atoms with E-state index in [1.54, 1.807) is 0 Å². The summed E-state index contributed by atoms with van der Waals surface area (Å²) in [6.45, 7) is 11.6. The van der Waals surface area contributed by atoms with Gasteiger partial charge in [0, 0.05) is 6.61 Å². The van der Waals surface area contributed by atoms with Gasteiger partial charge in [-0.3, -0.25) is 0 Å². The molecule has 108 valence electrons. The van der Waals surface area contributed by atoms with E-state index in [1.807, 2.05) is 0 Å². The third kappa shape index (κ3) is 7.34. The Kier molecular flexibility index (Phi) is 7.11. The lowest BCUT2D eigenvalue weighted by atomic mass is 9.93. The molecule has 1 N–H and O–H groups in total. The summed E-state index contributed by atoms with van der Waals surface area (Å²) in [5.41, 5.74) is 1.66. The zero-order valence-electron chi connectivity index (χ0n) is 12.9. The lowest BCUT2D eigenvalue weighted by Crippen LogP contribution is -2.27. The van der Waals surface area contributed by atoms with Gasteiger partial charge in [-0.15, -0.1) is 0 Å². The number of rotatable bonds is 8. The van der Waals surface area contributed by atoms with Crippen molar-refractivity contribution in [3.8, 4) is 0 Å². The lowest BCUT2D eigenvalue weighted by molar-refractivity contribution is 0.0897. The molecule has 0 amide bonds. The molecule has 0 saturated carbocycles. The first-order valence-electron chi connectivity index (χ1n) is 7.39. The van der Waals surface area contributed by atoms with Crippen molar-refractivity contribution in [3.05, 3.63) is 35.9 Å². The highest BCUT2D eigenvalue weighted by molar-refractivity contribution is 5.18.